The second kappa shape index (κ2) is 8.08. The molecule has 0 saturated heterocycles. The Morgan fingerprint density at radius 1 is 1.22 bits per heavy atom. The first-order valence-corrected chi connectivity index (χ1v) is 8.54. The van der Waals surface area contributed by atoms with Crippen molar-refractivity contribution in [2.45, 2.75) is 13.8 Å². The number of benzene rings is 1. The number of halogens is 1. The fraction of sp³-hybridized carbons (Fsp3) is 0.176. The molecule has 0 amide bonds. The zero-order chi connectivity index (χ0) is 16.8. The molecule has 0 atom stereocenters. The summed E-state index contributed by atoms with van der Waals surface area (Å²) in [5.74, 6) is -0.805. The molecule has 1 aromatic carbocycles. The van der Waals surface area contributed by atoms with Gasteiger partial charge in [-0.15, -0.1) is 11.3 Å². The van der Waals surface area contributed by atoms with E-state index in [9.17, 15) is 9.59 Å². The molecule has 0 saturated carbocycles. The molecular weight excluding hydrogens is 380 g/mol. The van der Waals surface area contributed by atoms with Crippen molar-refractivity contribution in [1.82, 2.24) is 0 Å². The molecule has 0 spiro atoms. The van der Waals surface area contributed by atoms with Gasteiger partial charge in [-0.2, -0.15) is 0 Å². The Labute approximate surface area is 146 Å². The van der Waals surface area contributed by atoms with Crippen LogP contribution in [0.1, 0.15) is 34.6 Å². The number of esters is 2. The third kappa shape index (κ3) is 4.77. The van der Waals surface area contributed by atoms with Crippen LogP contribution in [0.25, 0.3) is 12.2 Å². The molecule has 0 aliphatic rings. The second-order valence-corrected chi connectivity index (χ2v) is 7.00. The normalized spacial score (nSPS) is 10.7. The number of ether oxygens (including phenoxy) is 2. The summed E-state index contributed by atoms with van der Waals surface area (Å²) in [5, 5.41) is 0. The highest BCUT2D eigenvalue weighted by Crippen LogP contribution is 2.27. The van der Waals surface area contributed by atoms with Crippen LogP contribution < -0.4 is 4.74 Å². The Morgan fingerprint density at radius 2 is 2.00 bits per heavy atom. The molecule has 2 rings (SSSR count). The second-order valence-electron chi connectivity index (χ2n) is 4.51. The predicted octanol–water partition coefficient (Wildman–Crippen LogP) is 4.78. The Kier molecular flexibility index (Phi) is 6.12. The van der Waals surface area contributed by atoms with Crippen LogP contribution in [0.15, 0.2) is 34.1 Å². The van der Waals surface area contributed by atoms with Gasteiger partial charge < -0.3 is 9.47 Å². The van der Waals surface area contributed by atoms with Gasteiger partial charge in [0.1, 0.15) is 11.3 Å². The molecule has 1 heterocycles. The third-order valence-electron chi connectivity index (χ3n) is 2.81. The van der Waals surface area contributed by atoms with Crippen molar-refractivity contribution in [3.8, 4) is 5.75 Å². The van der Waals surface area contributed by atoms with E-state index in [-0.39, 0.29) is 17.9 Å². The highest BCUT2D eigenvalue weighted by atomic mass is 79.9. The van der Waals surface area contributed by atoms with Crippen molar-refractivity contribution in [3.05, 3.63) is 50.1 Å². The lowest BCUT2D eigenvalue weighted by atomic mass is 10.1. The molecule has 2 aromatic rings. The summed E-state index contributed by atoms with van der Waals surface area (Å²) in [6.07, 6.45) is 3.70. The molecule has 4 nitrogen and oxygen atoms in total. The van der Waals surface area contributed by atoms with Gasteiger partial charge in [-0.05, 0) is 52.7 Å². The van der Waals surface area contributed by atoms with Gasteiger partial charge in [0.15, 0.2) is 0 Å². The van der Waals surface area contributed by atoms with E-state index < -0.39 is 11.9 Å². The van der Waals surface area contributed by atoms with Crippen molar-refractivity contribution >= 4 is 51.4 Å². The van der Waals surface area contributed by atoms with E-state index in [0.29, 0.717) is 5.56 Å². The number of hydrogen-bond acceptors (Lipinski definition) is 5. The molecule has 0 unspecified atom stereocenters. The Bertz CT molecular complexity index is 749. The van der Waals surface area contributed by atoms with Gasteiger partial charge in [-0.3, -0.25) is 4.79 Å². The molecule has 120 valence electrons. The topological polar surface area (TPSA) is 52.6 Å². The fourth-order valence-corrected chi connectivity index (χ4v) is 3.26. The third-order valence-corrected chi connectivity index (χ3v) is 4.40. The zero-order valence-electron chi connectivity index (χ0n) is 12.7. The summed E-state index contributed by atoms with van der Waals surface area (Å²) in [7, 11) is 0. The summed E-state index contributed by atoms with van der Waals surface area (Å²) >= 11 is 4.98. The monoisotopic (exact) mass is 394 g/mol. The Balaban J connectivity index is 2.42. The SMILES string of the molecule is CCOC(=O)c1c(/C=C/c2ccc(Br)s2)cccc1OC(C)=O. The van der Waals surface area contributed by atoms with Crippen LogP contribution in [-0.4, -0.2) is 18.5 Å². The van der Waals surface area contributed by atoms with Crippen LogP contribution in [-0.2, 0) is 9.53 Å². The van der Waals surface area contributed by atoms with Gasteiger partial charge in [0.2, 0.25) is 0 Å². The quantitative estimate of drug-likeness (QED) is 0.540. The van der Waals surface area contributed by atoms with Crippen molar-refractivity contribution in [2.24, 2.45) is 0 Å². The maximum atomic E-state index is 12.2. The first-order chi connectivity index (χ1) is 11.0. The first kappa shape index (κ1) is 17.4. The number of carbonyl (C=O) groups is 2. The van der Waals surface area contributed by atoms with Crippen molar-refractivity contribution in [2.75, 3.05) is 6.61 Å². The molecule has 0 aliphatic heterocycles. The van der Waals surface area contributed by atoms with Crippen LogP contribution in [0.5, 0.6) is 5.75 Å². The largest absolute Gasteiger partial charge is 0.462 e. The van der Waals surface area contributed by atoms with E-state index in [1.54, 1.807) is 42.5 Å². The molecule has 0 bridgehead atoms. The lowest BCUT2D eigenvalue weighted by Gasteiger charge is -2.11. The molecule has 1 aromatic heterocycles. The summed E-state index contributed by atoms with van der Waals surface area (Å²) < 4.78 is 11.2. The van der Waals surface area contributed by atoms with E-state index in [1.807, 2.05) is 18.2 Å². The predicted molar refractivity (Wildman–Crippen MR) is 94.7 cm³/mol. The molecule has 0 N–H and O–H groups in total. The van der Waals surface area contributed by atoms with Crippen molar-refractivity contribution in [3.63, 3.8) is 0 Å². The van der Waals surface area contributed by atoms with E-state index in [0.717, 1.165) is 8.66 Å². The Hall–Kier alpha value is -1.92. The van der Waals surface area contributed by atoms with Crippen molar-refractivity contribution in [1.29, 1.82) is 0 Å². The lowest BCUT2D eigenvalue weighted by molar-refractivity contribution is -0.131. The van der Waals surface area contributed by atoms with Gasteiger partial charge in [-0.1, -0.05) is 18.2 Å². The summed E-state index contributed by atoms with van der Waals surface area (Å²) in [5.41, 5.74) is 0.878. The lowest BCUT2D eigenvalue weighted by Crippen LogP contribution is -2.11. The average molecular weight is 395 g/mol. The zero-order valence-corrected chi connectivity index (χ0v) is 15.1. The van der Waals surface area contributed by atoms with Crippen LogP contribution >= 0.6 is 27.3 Å². The van der Waals surface area contributed by atoms with E-state index >= 15 is 0 Å². The van der Waals surface area contributed by atoms with Crippen LogP contribution in [0.3, 0.4) is 0 Å². The molecular formula is C17H15BrO4S. The minimum atomic E-state index is -0.517. The molecule has 0 fully saturated rings. The minimum absolute atomic E-state index is 0.200. The van der Waals surface area contributed by atoms with Crippen LogP contribution in [0, 0.1) is 0 Å². The number of thiophene rings is 1. The molecule has 0 aliphatic carbocycles. The highest BCUT2D eigenvalue weighted by Gasteiger charge is 2.18. The standard InChI is InChI=1S/C17H15BrO4S/c1-3-21-17(20)16-12(5-4-6-14(16)22-11(2)19)7-8-13-9-10-15(18)23-13/h4-10H,3H2,1-2H3/b8-7+. The fourth-order valence-electron chi connectivity index (χ4n) is 1.94. The Morgan fingerprint density at radius 3 is 2.61 bits per heavy atom. The van der Waals surface area contributed by atoms with E-state index in [4.69, 9.17) is 9.47 Å². The van der Waals surface area contributed by atoms with Gasteiger partial charge >= 0.3 is 11.9 Å². The highest BCUT2D eigenvalue weighted by molar-refractivity contribution is 9.11. The maximum absolute atomic E-state index is 12.2. The maximum Gasteiger partial charge on any atom is 0.342 e. The van der Waals surface area contributed by atoms with Crippen LogP contribution in [0.4, 0.5) is 0 Å². The summed E-state index contributed by atoms with van der Waals surface area (Å²) in [4.78, 5) is 24.5. The van der Waals surface area contributed by atoms with Gasteiger partial charge in [0.05, 0.1) is 10.4 Å². The van der Waals surface area contributed by atoms with Crippen molar-refractivity contribution < 1.29 is 19.1 Å². The van der Waals surface area contributed by atoms with E-state index in [1.165, 1.54) is 6.92 Å². The first-order valence-electron chi connectivity index (χ1n) is 6.93. The molecule has 6 heteroatoms. The number of carbonyl (C=O) groups excluding carboxylic acids is 2. The average Bonchev–Trinajstić information content (AvgIpc) is 2.90. The number of hydrogen-bond donors (Lipinski definition) is 0. The van der Waals surface area contributed by atoms with Gasteiger partial charge in [0.25, 0.3) is 0 Å². The number of rotatable bonds is 5. The van der Waals surface area contributed by atoms with Crippen LogP contribution in [0.2, 0.25) is 0 Å². The molecule has 0 radical (unpaired) electrons. The summed E-state index contributed by atoms with van der Waals surface area (Å²) in [6, 6.07) is 8.99. The van der Waals surface area contributed by atoms with Gasteiger partial charge in [0, 0.05) is 11.8 Å². The van der Waals surface area contributed by atoms with E-state index in [2.05, 4.69) is 15.9 Å². The molecule has 23 heavy (non-hydrogen) atoms. The minimum Gasteiger partial charge on any atom is -0.462 e. The van der Waals surface area contributed by atoms with Gasteiger partial charge in [-0.25, -0.2) is 4.79 Å². The summed E-state index contributed by atoms with van der Waals surface area (Å²) in [6.45, 7) is 3.26. The smallest absolute Gasteiger partial charge is 0.342 e.